The number of rotatable bonds is 3. The highest BCUT2D eigenvalue weighted by Crippen LogP contribution is 2.30. The molecule has 3 rings (SSSR count). The van der Waals surface area contributed by atoms with Crippen LogP contribution < -0.4 is 20.1 Å². The van der Waals surface area contributed by atoms with Crippen LogP contribution in [0.15, 0.2) is 23.8 Å². The van der Waals surface area contributed by atoms with E-state index in [9.17, 15) is 4.79 Å². The summed E-state index contributed by atoms with van der Waals surface area (Å²) in [7, 11) is 1.63. The molecule has 1 aromatic rings. The number of carbonyl (C=O) groups excluding carboxylic acids is 1. The van der Waals surface area contributed by atoms with E-state index < -0.39 is 0 Å². The number of methoxy groups -OCH3 is 1. The number of hydrogen-bond donors (Lipinski definition) is 2. The molecule has 0 bridgehead atoms. The van der Waals surface area contributed by atoms with Crippen LogP contribution in [0.5, 0.6) is 11.5 Å². The van der Waals surface area contributed by atoms with Crippen molar-refractivity contribution in [1.82, 2.24) is 10.6 Å². The number of benzene rings is 1. The Hall–Kier alpha value is -2.01. The Labute approximate surface area is 130 Å². The topological polar surface area (TPSA) is 59.6 Å². The predicted molar refractivity (Wildman–Crippen MR) is 85.1 cm³/mol. The van der Waals surface area contributed by atoms with E-state index in [1.54, 1.807) is 7.11 Å². The highest BCUT2D eigenvalue weighted by molar-refractivity contribution is 5.99. The summed E-state index contributed by atoms with van der Waals surface area (Å²) in [5.41, 5.74) is 1.54. The van der Waals surface area contributed by atoms with E-state index in [0.717, 1.165) is 36.4 Å². The van der Waals surface area contributed by atoms with Gasteiger partial charge < -0.3 is 20.1 Å². The van der Waals surface area contributed by atoms with E-state index in [4.69, 9.17) is 9.47 Å². The van der Waals surface area contributed by atoms with Crippen LogP contribution in [-0.4, -0.2) is 38.3 Å². The van der Waals surface area contributed by atoms with Gasteiger partial charge in [0.15, 0.2) is 0 Å². The molecule has 2 unspecified atom stereocenters. The van der Waals surface area contributed by atoms with E-state index in [1.165, 1.54) is 0 Å². The minimum atomic E-state index is -0.0347. The van der Waals surface area contributed by atoms with Crippen molar-refractivity contribution >= 4 is 12.0 Å². The van der Waals surface area contributed by atoms with Crippen LogP contribution in [0.4, 0.5) is 0 Å². The Kier molecular flexibility index (Phi) is 4.34. The highest BCUT2D eigenvalue weighted by atomic mass is 16.5. The van der Waals surface area contributed by atoms with Gasteiger partial charge in [0, 0.05) is 17.6 Å². The Morgan fingerprint density at radius 2 is 2.32 bits per heavy atom. The monoisotopic (exact) mass is 302 g/mol. The summed E-state index contributed by atoms with van der Waals surface area (Å²) in [5, 5.41) is 6.51. The lowest BCUT2D eigenvalue weighted by molar-refractivity contribution is -0.118. The maximum Gasteiger partial charge on any atom is 0.250 e. The van der Waals surface area contributed by atoms with Crippen LogP contribution in [0.25, 0.3) is 6.08 Å². The zero-order chi connectivity index (χ0) is 15.5. The van der Waals surface area contributed by atoms with Crippen molar-refractivity contribution in [2.75, 3.05) is 20.3 Å². The van der Waals surface area contributed by atoms with Crippen LogP contribution >= 0.6 is 0 Å². The van der Waals surface area contributed by atoms with Gasteiger partial charge in [-0.3, -0.25) is 4.79 Å². The molecule has 5 nitrogen and oxygen atoms in total. The van der Waals surface area contributed by atoms with Gasteiger partial charge >= 0.3 is 0 Å². The maximum atomic E-state index is 12.4. The van der Waals surface area contributed by atoms with E-state index in [-0.39, 0.29) is 11.9 Å². The summed E-state index contributed by atoms with van der Waals surface area (Å²) < 4.78 is 10.9. The number of ether oxygens (including phenoxy) is 2. The van der Waals surface area contributed by atoms with Crippen LogP contribution in [0, 0.1) is 0 Å². The molecule has 0 aromatic heterocycles. The zero-order valence-corrected chi connectivity index (χ0v) is 13.0. The van der Waals surface area contributed by atoms with Crippen LogP contribution in [0.2, 0.25) is 0 Å². The number of amides is 1. The number of carbonyl (C=O) groups is 1. The first kappa shape index (κ1) is 14.9. The van der Waals surface area contributed by atoms with E-state index >= 15 is 0 Å². The SMILES string of the molecule is COc1ccc2c(c1)C=C(C(=O)NC1CCNC(C)C1)CO2. The molecule has 2 aliphatic heterocycles. The first-order chi connectivity index (χ1) is 10.7. The normalized spacial score (nSPS) is 23.8. The van der Waals surface area contributed by atoms with E-state index in [1.807, 2.05) is 24.3 Å². The Morgan fingerprint density at radius 3 is 3.09 bits per heavy atom. The van der Waals surface area contributed by atoms with Crippen molar-refractivity contribution < 1.29 is 14.3 Å². The zero-order valence-electron chi connectivity index (χ0n) is 13.0. The summed E-state index contributed by atoms with van der Waals surface area (Å²) in [6.45, 7) is 3.40. The number of fused-ring (bicyclic) bond motifs is 1. The third-order valence-corrected chi connectivity index (χ3v) is 4.18. The number of nitrogens with one attached hydrogen (secondary N) is 2. The van der Waals surface area contributed by atoms with Gasteiger partial charge in [0.05, 0.1) is 12.7 Å². The Morgan fingerprint density at radius 1 is 1.45 bits per heavy atom. The molecule has 2 N–H and O–H groups in total. The first-order valence-corrected chi connectivity index (χ1v) is 7.71. The predicted octanol–water partition coefficient (Wildman–Crippen LogP) is 1.73. The fourth-order valence-corrected chi connectivity index (χ4v) is 2.95. The van der Waals surface area contributed by atoms with Crippen LogP contribution in [0.3, 0.4) is 0 Å². The molecule has 22 heavy (non-hydrogen) atoms. The number of piperidine rings is 1. The molecular formula is C17H22N2O3. The van der Waals surface area contributed by atoms with Crippen molar-refractivity contribution in [3.63, 3.8) is 0 Å². The molecule has 0 radical (unpaired) electrons. The third kappa shape index (κ3) is 3.25. The van der Waals surface area contributed by atoms with Gasteiger partial charge in [0.1, 0.15) is 18.1 Å². The standard InChI is InChI=1S/C17H22N2O3/c1-11-7-14(5-6-18-11)19-17(20)13-8-12-9-15(21-2)3-4-16(12)22-10-13/h3-4,8-9,11,14,18H,5-7,10H2,1-2H3,(H,19,20). The van der Waals surface area contributed by atoms with E-state index in [0.29, 0.717) is 18.2 Å². The molecule has 1 fully saturated rings. The molecule has 118 valence electrons. The van der Waals surface area contributed by atoms with Crippen molar-refractivity contribution in [3.05, 3.63) is 29.3 Å². The summed E-state index contributed by atoms with van der Waals surface area (Å²) >= 11 is 0. The summed E-state index contributed by atoms with van der Waals surface area (Å²) in [5.74, 6) is 1.51. The highest BCUT2D eigenvalue weighted by Gasteiger charge is 2.23. The van der Waals surface area contributed by atoms with Crippen molar-refractivity contribution in [3.8, 4) is 11.5 Å². The lowest BCUT2D eigenvalue weighted by atomic mass is 9.99. The summed E-state index contributed by atoms with van der Waals surface area (Å²) in [4.78, 5) is 12.4. The maximum absolute atomic E-state index is 12.4. The molecule has 2 heterocycles. The quantitative estimate of drug-likeness (QED) is 0.893. The molecule has 1 saturated heterocycles. The third-order valence-electron chi connectivity index (χ3n) is 4.18. The van der Waals surface area contributed by atoms with E-state index in [2.05, 4.69) is 17.6 Å². The molecule has 0 spiro atoms. The van der Waals surface area contributed by atoms with Crippen molar-refractivity contribution in [2.45, 2.75) is 31.8 Å². The molecule has 5 heteroatoms. The average molecular weight is 302 g/mol. The molecular weight excluding hydrogens is 280 g/mol. The minimum absolute atomic E-state index is 0.0347. The first-order valence-electron chi connectivity index (χ1n) is 7.71. The fraction of sp³-hybridized carbons (Fsp3) is 0.471. The molecule has 0 saturated carbocycles. The van der Waals surface area contributed by atoms with Crippen LogP contribution in [0.1, 0.15) is 25.3 Å². The van der Waals surface area contributed by atoms with Gasteiger partial charge in [0.2, 0.25) is 0 Å². The lowest BCUT2D eigenvalue weighted by Gasteiger charge is -2.29. The molecule has 0 aliphatic carbocycles. The number of hydrogen-bond acceptors (Lipinski definition) is 4. The largest absolute Gasteiger partial charge is 0.497 e. The van der Waals surface area contributed by atoms with Gasteiger partial charge in [-0.25, -0.2) is 0 Å². The van der Waals surface area contributed by atoms with Crippen molar-refractivity contribution in [2.24, 2.45) is 0 Å². The molecule has 1 amide bonds. The lowest BCUT2D eigenvalue weighted by Crippen LogP contribution is -2.47. The summed E-state index contributed by atoms with van der Waals surface area (Å²) in [6, 6.07) is 6.29. The second-order valence-electron chi connectivity index (χ2n) is 5.91. The van der Waals surface area contributed by atoms with Gasteiger partial charge in [0.25, 0.3) is 5.91 Å². The van der Waals surface area contributed by atoms with Crippen molar-refractivity contribution in [1.29, 1.82) is 0 Å². The second kappa shape index (κ2) is 6.40. The molecule has 2 aliphatic rings. The molecule has 2 atom stereocenters. The average Bonchev–Trinajstić information content (AvgIpc) is 2.53. The van der Waals surface area contributed by atoms with Gasteiger partial charge in [-0.15, -0.1) is 0 Å². The smallest absolute Gasteiger partial charge is 0.250 e. The van der Waals surface area contributed by atoms with Gasteiger partial charge in [-0.1, -0.05) is 0 Å². The van der Waals surface area contributed by atoms with Gasteiger partial charge in [-0.2, -0.15) is 0 Å². The minimum Gasteiger partial charge on any atom is -0.497 e. The Bertz CT molecular complexity index is 598. The van der Waals surface area contributed by atoms with Gasteiger partial charge in [-0.05, 0) is 50.6 Å². The van der Waals surface area contributed by atoms with Crippen LogP contribution in [-0.2, 0) is 4.79 Å². The fourth-order valence-electron chi connectivity index (χ4n) is 2.95. The molecule has 1 aromatic carbocycles. The Balaban J connectivity index is 1.71. The second-order valence-corrected chi connectivity index (χ2v) is 5.91. The summed E-state index contributed by atoms with van der Waals surface area (Å²) in [6.07, 6.45) is 3.82.